The molecular weight excluding hydrogens is 392 g/mol. The summed E-state index contributed by atoms with van der Waals surface area (Å²) in [6.07, 6.45) is 9.22. The summed E-state index contributed by atoms with van der Waals surface area (Å²) in [6, 6.07) is 5.85. The van der Waals surface area contributed by atoms with E-state index < -0.39 is 5.97 Å². The van der Waals surface area contributed by atoms with Gasteiger partial charge in [-0.2, -0.15) is 0 Å². The van der Waals surface area contributed by atoms with Crippen LogP contribution in [0.3, 0.4) is 0 Å². The quantitative estimate of drug-likeness (QED) is 0.525. The molecule has 2 N–H and O–H groups in total. The smallest absolute Gasteiger partial charge is 0.325 e. The summed E-state index contributed by atoms with van der Waals surface area (Å²) in [5.41, 5.74) is 2.32. The molecule has 1 aromatic heterocycles. The van der Waals surface area contributed by atoms with Crippen molar-refractivity contribution < 1.29 is 19.1 Å². The van der Waals surface area contributed by atoms with Crippen LogP contribution in [0.25, 0.3) is 10.9 Å². The molecule has 0 radical (unpaired) electrons. The molecule has 0 spiro atoms. The number of ether oxygens (including phenoxy) is 1. The molecule has 0 saturated heterocycles. The standard InChI is InChI=1S/C25H30N2O4/c1-2-18-4-3-5-19-20(12-26-23(18)19)21(28)14-31-22(29)13-27-24(30)25-9-15-6-16(10-25)8-17(7-15)11-25/h3-5,12,15-17,26H,2,6-11,13-14H2,1H3,(H,27,30). The second-order valence-corrected chi connectivity index (χ2v) is 9.86. The molecule has 4 fully saturated rings. The van der Waals surface area contributed by atoms with Gasteiger partial charge in [-0.3, -0.25) is 14.4 Å². The van der Waals surface area contributed by atoms with Crippen LogP contribution in [0.4, 0.5) is 0 Å². The number of hydrogen-bond donors (Lipinski definition) is 2. The van der Waals surface area contributed by atoms with Gasteiger partial charge >= 0.3 is 5.97 Å². The van der Waals surface area contributed by atoms with Gasteiger partial charge < -0.3 is 15.0 Å². The molecule has 0 aliphatic heterocycles. The Labute approximate surface area is 182 Å². The molecule has 1 amide bonds. The van der Waals surface area contributed by atoms with Gasteiger partial charge in [-0.15, -0.1) is 0 Å². The minimum Gasteiger partial charge on any atom is -0.456 e. The summed E-state index contributed by atoms with van der Waals surface area (Å²) >= 11 is 0. The summed E-state index contributed by atoms with van der Waals surface area (Å²) in [5, 5.41) is 3.65. The number of carbonyl (C=O) groups excluding carboxylic acids is 3. The highest BCUT2D eigenvalue weighted by Crippen LogP contribution is 2.60. The first-order valence-electron chi connectivity index (χ1n) is 11.5. The number of ketones is 1. The molecule has 1 aromatic carbocycles. The number of nitrogens with one attached hydrogen (secondary N) is 2. The highest BCUT2D eigenvalue weighted by molar-refractivity contribution is 6.09. The van der Waals surface area contributed by atoms with Crippen molar-refractivity contribution in [3.63, 3.8) is 0 Å². The van der Waals surface area contributed by atoms with E-state index in [9.17, 15) is 14.4 Å². The summed E-state index contributed by atoms with van der Waals surface area (Å²) in [4.78, 5) is 40.9. The molecule has 6 heteroatoms. The maximum atomic E-state index is 12.9. The van der Waals surface area contributed by atoms with Gasteiger partial charge in [0.1, 0.15) is 6.54 Å². The van der Waals surface area contributed by atoms with E-state index in [0.29, 0.717) is 23.3 Å². The van der Waals surface area contributed by atoms with Gasteiger partial charge in [-0.1, -0.05) is 25.1 Å². The van der Waals surface area contributed by atoms with E-state index >= 15 is 0 Å². The maximum Gasteiger partial charge on any atom is 0.325 e. The second kappa shape index (κ2) is 7.81. The average molecular weight is 423 g/mol. The van der Waals surface area contributed by atoms with Crippen molar-refractivity contribution in [1.82, 2.24) is 10.3 Å². The fourth-order valence-corrected chi connectivity index (χ4v) is 6.75. The van der Waals surface area contributed by atoms with E-state index in [1.807, 2.05) is 18.2 Å². The molecule has 0 atom stereocenters. The van der Waals surface area contributed by atoms with Crippen molar-refractivity contribution in [3.8, 4) is 0 Å². The molecule has 6 nitrogen and oxygen atoms in total. The van der Waals surface area contributed by atoms with Crippen molar-refractivity contribution in [3.05, 3.63) is 35.5 Å². The number of esters is 1. The minimum atomic E-state index is -0.569. The molecule has 0 unspecified atom stereocenters. The zero-order valence-electron chi connectivity index (χ0n) is 18.0. The summed E-state index contributed by atoms with van der Waals surface area (Å²) in [6.45, 7) is 1.56. The van der Waals surface area contributed by atoms with Crippen molar-refractivity contribution in [2.24, 2.45) is 23.2 Å². The third-order valence-corrected chi connectivity index (χ3v) is 7.76. The minimum absolute atomic E-state index is 0.00130. The predicted octanol–water partition coefficient (Wildman–Crippen LogP) is 3.79. The predicted molar refractivity (Wildman–Crippen MR) is 117 cm³/mol. The topological polar surface area (TPSA) is 88.3 Å². The molecular formula is C25H30N2O4. The molecule has 4 bridgehead atoms. The van der Waals surface area contributed by atoms with Crippen LogP contribution in [0, 0.1) is 23.2 Å². The van der Waals surface area contributed by atoms with Gasteiger partial charge in [0.15, 0.2) is 6.61 Å². The SMILES string of the molecule is CCc1cccc2c(C(=O)COC(=O)CNC(=O)C34CC5CC(CC(C5)C3)C4)c[nH]c12. The molecule has 4 aliphatic rings. The lowest BCUT2D eigenvalue weighted by Crippen LogP contribution is -2.54. The number of benzene rings is 1. The highest BCUT2D eigenvalue weighted by Gasteiger charge is 2.54. The Balaban J connectivity index is 1.15. The lowest BCUT2D eigenvalue weighted by molar-refractivity contribution is -0.150. The Morgan fingerprint density at radius 2 is 1.77 bits per heavy atom. The number of para-hydroxylation sites is 1. The number of carbonyl (C=O) groups is 3. The van der Waals surface area contributed by atoms with E-state index in [4.69, 9.17) is 4.74 Å². The van der Waals surface area contributed by atoms with Gasteiger partial charge in [0.05, 0.1) is 0 Å². The van der Waals surface area contributed by atoms with Crippen molar-refractivity contribution in [1.29, 1.82) is 0 Å². The Hall–Kier alpha value is -2.63. The van der Waals surface area contributed by atoms with E-state index in [1.54, 1.807) is 6.20 Å². The lowest BCUT2D eigenvalue weighted by atomic mass is 9.49. The number of amides is 1. The van der Waals surface area contributed by atoms with Crippen LogP contribution in [-0.2, 0) is 20.7 Å². The summed E-state index contributed by atoms with van der Waals surface area (Å²) in [5.74, 6) is 1.20. The van der Waals surface area contributed by atoms with Gasteiger partial charge in [0.25, 0.3) is 0 Å². The van der Waals surface area contributed by atoms with E-state index in [-0.39, 0.29) is 30.3 Å². The number of hydrogen-bond acceptors (Lipinski definition) is 4. The molecule has 4 aliphatic carbocycles. The third kappa shape index (κ3) is 3.66. The van der Waals surface area contributed by atoms with E-state index in [2.05, 4.69) is 17.2 Å². The van der Waals surface area contributed by atoms with Crippen LogP contribution < -0.4 is 5.32 Å². The second-order valence-electron chi connectivity index (χ2n) is 9.86. The third-order valence-electron chi connectivity index (χ3n) is 7.76. The largest absolute Gasteiger partial charge is 0.456 e. The first-order chi connectivity index (χ1) is 15.0. The summed E-state index contributed by atoms with van der Waals surface area (Å²) < 4.78 is 5.19. The molecule has 31 heavy (non-hydrogen) atoms. The Morgan fingerprint density at radius 1 is 1.10 bits per heavy atom. The molecule has 164 valence electrons. The fraction of sp³-hybridized carbons (Fsp3) is 0.560. The molecule has 4 saturated carbocycles. The maximum absolute atomic E-state index is 12.9. The average Bonchev–Trinajstić information content (AvgIpc) is 3.19. The van der Waals surface area contributed by atoms with Gasteiger partial charge in [-0.05, 0) is 68.3 Å². The van der Waals surface area contributed by atoms with Crippen LogP contribution in [0.2, 0.25) is 0 Å². The van der Waals surface area contributed by atoms with E-state index in [0.717, 1.165) is 42.1 Å². The zero-order valence-corrected chi connectivity index (χ0v) is 18.0. The van der Waals surface area contributed by atoms with Crippen LogP contribution in [0.1, 0.15) is 61.4 Å². The number of Topliss-reactive ketones (excluding diaryl/α,β-unsaturated/α-hetero) is 1. The zero-order chi connectivity index (χ0) is 21.6. The lowest BCUT2D eigenvalue weighted by Gasteiger charge is -2.55. The van der Waals surface area contributed by atoms with Crippen molar-refractivity contribution >= 4 is 28.6 Å². The van der Waals surface area contributed by atoms with Crippen LogP contribution >= 0.6 is 0 Å². The molecule has 2 aromatic rings. The first-order valence-corrected chi connectivity index (χ1v) is 11.5. The van der Waals surface area contributed by atoms with Crippen molar-refractivity contribution in [2.45, 2.75) is 51.9 Å². The molecule has 6 rings (SSSR count). The number of H-pyrrole nitrogens is 1. The number of rotatable bonds is 7. The van der Waals surface area contributed by atoms with Crippen molar-refractivity contribution in [2.75, 3.05) is 13.2 Å². The highest BCUT2D eigenvalue weighted by atomic mass is 16.5. The van der Waals surface area contributed by atoms with Crippen LogP contribution in [0.5, 0.6) is 0 Å². The van der Waals surface area contributed by atoms with Gasteiger partial charge in [-0.25, -0.2) is 0 Å². The Kier molecular flexibility index (Phi) is 5.11. The fourth-order valence-electron chi connectivity index (χ4n) is 6.75. The number of aromatic amines is 1. The normalized spacial score (nSPS) is 28.6. The monoisotopic (exact) mass is 422 g/mol. The van der Waals surface area contributed by atoms with Gasteiger partial charge in [0.2, 0.25) is 11.7 Å². The summed E-state index contributed by atoms with van der Waals surface area (Å²) in [7, 11) is 0. The number of fused-ring (bicyclic) bond motifs is 1. The van der Waals surface area contributed by atoms with Crippen LogP contribution in [-0.4, -0.2) is 35.8 Å². The Morgan fingerprint density at radius 3 is 2.42 bits per heavy atom. The number of aromatic nitrogens is 1. The van der Waals surface area contributed by atoms with Gasteiger partial charge in [0, 0.05) is 28.1 Å². The first kappa shape index (κ1) is 20.3. The van der Waals surface area contributed by atoms with Crippen LogP contribution in [0.15, 0.2) is 24.4 Å². The number of aryl methyl sites for hydroxylation is 1. The van der Waals surface area contributed by atoms with E-state index in [1.165, 1.54) is 19.3 Å². The Bertz CT molecular complexity index is 1000. The molecule has 1 heterocycles.